The Morgan fingerprint density at radius 3 is 2.50 bits per heavy atom. The van der Waals surface area contributed by atoms with Crippen LogP contribution in [0.15, 0.2) is 23.2 Å². The van der Waals surface area contributed by atoms with Crippen molar-refractivity contribution >= 4 is 29.9 Å². The molecule has 1 aromatic carbocycles. The first-order valence-electron chi connectivity index (χ1n) is 4.66. The highest BCUT2D eigenvalue weighted by atomic mass is 127. The summed E-state index contributed by atoms with van der Waals surface area (Å²) >= 11 is 0. The lowest BCUT2D eigenvalue weighted by molar-refractivity contribution is -0.138. The lowest BCUT2D eigenvalue weighted by atomic mass is 10.1. The molecule has 1 aromatic rings. The number of nitrogens with two attached hydrogens (primary N) is 1. The van der Waals surface area contributed by atoms with Gasteiger partial charge in [0.2, 0.25) is 0 Å². The maximum absolute atomic E-state index is 12.8. The predicted molar refractivity (Wildman–Crippen MR) is 71.2 cm³/mol. The fourth-order valence-electron chi connectivity index (χ4n) is 1.23. The quantitative estimate of drug-likeness (QED) is 0.360. The topological polar surface area (TPSA) is 50.4 Å². The zero-order valence-electron chi connectivity index (χ0n) is 9.38. The minimum atomic E-state index is -4.60. The SMILES string of the molecule is CN=C(N)NCc1ccc(F)cc1C(F)(F)F.I. The van der Waals surface area contributed by atoms with E-state index >= 15 is 0 Å². The molecule has 0 saturated carbocycles. The monoisotopic (exact) mass is 377 g/mol. The predicted octanol–water partition coefficient (Wildman–Crippen LogP) is 2.50. The van der Waals surface area contributed by atoms with E-state index in [0.717, 1.165) is 12.1 Å². The van der Waals surface area contributed by atoms with E-state index in [-0.39, 0.29) is 42.0 Å². The number of alkyl halides is 3. The molecule has 0 aliphatic carbocycles. The Bertz CT molecular complexity index is 432. The van der Waals surface area contributed by atoms with Crippen LogP contribution in [0, 0.1) is 5.82 Å². The molecule has 0 fully saturated rings. The number of nitrogens with zero attached hydrogens (tertiary/aromatic N) is 1. The van der Waals surface area contributed by atoms with E-state index in [1.54, 1.807) is 0 Å². The van der Waals surface area contributed by atoms with Gasteiger partial charge in [-0.1, -0.05) is 6.07 Å². The van der Waals surface area contributed by atoms with Gasteiger partial charge in [-0.2, -0.15) is 13.2 Å². The van der Waals surface area contributed by atoms with Crippen LogP contribution < -0.4 is 11.1 Å². The summed E-state index contributed by atoms with van der Waals surface area (Å²) in [7, 11) is 1.40. The Morgan fingerprint density at radius 1 is 1.39 bits per heavy atom. The van der Waals surface area contributed by atoms with Crippen LogP contribution in [0.5, 0.6) is 0 Å². The molecule has 0 unspecified atom stereocenters. The average Bonchev–Trinajstić information content (AvgIpc) is 2.25. The molecule has 3 nitrogen and oxygen atoms in total. The normalized spacial score (nSPS) is 11.9. The molecule has 0 aromatic heterocycles. The van der Waals surface area contributed by atoms with Gasteiger partial charge in [0.1, 0.15) is 5.82 Å². The molecule has 0 aliphatic heterocycles. The second kappa shape index (κ2) is 6.76. The third kappa shape index (κ3) is 4.67. The summed E-state index contributed by atoms with van der Waals surface area (Å²) in [6.45, 7) is -0.168. The van der Waals surface area contributed by atoms with Crippen molar-refractivity contribution in [3.8, 4) is 0 Å². The summed E-state index contributed by atoms with van der Waals surface area (Å²) in [5.41, 5.74) is 4.18. The number of guanidine groups is 1. The van der Waals surface area contributed by atoms with Gasteiger partial charge in [-0.05, 0) is 17.7 Å². The Morgan fingerprint density at radius 2 is 2.00 bits per heavy atom. The van der Waals surface area contributed by atoms with Gasteiger partial charge in [-0.15, -0.1) is 24.0 Å². The minimum Gasteiger partial charge on any atom is -0.370 e. The largest absolute Gasteiger partial charge is 0.416 e. The van der Waals surface area contributed by atoms with Crippen molar-refractivity contribution in [2.45, 2.75) is 12.7 Å². The van der Waals surface area contributed by atoms with Crippen LogP contribution in [0.1, 0.15) is 11.1 Å². The molecule has 1 rings (SSSR count). The zero-order chi connectivity index (χ0) is 13.1. The van der Waals surface area contributed by atoms with Crippen molar-refractivity contribution in [1.82, 2.24) is 5.32 Å². The number of aliphatic imine (C=N–C) groups is 1. The Hall–Kier alpha value is -1.06. The molecule has 3 N–H and O–H groups in total. The van der Waals surface area contributed by atoms with Crippen LogP contribution in [0.2, 0.25) is 0 Å². The molecule has 0 saturated heterocycles. The highest BCUT2D eigenvalue weighted by molar-refractivity contribution is 14.0. The van der Waals surface area contributed by atoms with Crippen LogP contribution in [-0.2, 0) is 12.7 Å². The minimum absolute atomic E-state index is 0. The summed E-state index contributed by atoms with van der Waals surface area (Å²) in [6, 6.07) is 2.48. The molecular weight excluding hydrogens is 365 g/mol. The van der Waals surface area contributed by atoms with Crippen LogP contribution in [0.4, 0.5) is 17.6 Å². The van der Waals surface area contributed by atoms with Crippen LogP contribution in [0.3, 0.4) is 0 Å². The maximum atomic E-state index is 12.8. The van der Waals surface area contributed by atoms with Crippen molar-refractivity contribution < 1.29 is 17.6 Å². The zero-order valence-corrected chi connectivity index (χ0v) is 11.7. The lowest BCUT2D eigenvalue weighted by Gasteiger charge is -2.13. The van der Waals surface area contributed by atoms with Crippen molar-refractivity contribution in [1.29, 1.82) is 0 Å². The van der Waals surface area contributed by atoms with E-state index in [1.165, 1.54) is 7.05 Å². The van der Waals surface area contributed by atoms with Gasteiger partial charge >= 0.3 is 6.18 Å². The number of benzene rings is 1. The van der Waals surface area contributed by atoms with E-state index in [4.69, 9.17) is 5.73 Å². The fraction of sp³-hybridized carbons (Fsp3) is 0.300. The molecule has 8 heteroatoms. The summed E-state index contributed by atoms with van der Waals surface area (Å²) in [4.78, 5) is 3.54. The van der Waals surface area contributed by atoms with E-state index in [2.05, 4.69) is 10.3 Å². The highest BCUT2D eigenvalue weighted by Gasteiger charge is 2.33. The molecule has 0 bridgehead atoms. The van der Waals surface area contributed by atoms with Crippen molar-refractivity contribution in [3.63, 3.8) is 0 Å². The standard InChI is InChI=1S/C10H11F4N3.HI/c1-16-9(15)17-5-6-2-3-7(11)4-8(6)10(12,13)14;/h2-4H,5H2,1H3,(H3,15,16,17);1H. The molecule has 0 spiro atoms. The molecule has 0 radical (unpaired) electrons. The summed E-state index contributed by atoms with van der Waals surface area (Å²) in [5.74, 6) is -0.916. The number of rotatable bonds is 2. The Labute approximate surface area is 118 Å². The number of hydrogen-bond acceptors (Lipinski definition) is 1. The van der Waals surface area contributed by atoms with E-state index in [1.807, 2.05) is 0 Å². The van der Waals surface area contributed by atoms with Crippen LogP contribution >= 0.6 is 24.0 Å². The number of hydrogen-bond donors (Lipinski definition) is 2. The summed E-state index contributed by atoms with van der Waals surface area (Å²) < 4.78 is 50.5. The second-order valence-electron chi connectivity index (χ2n) is 3.26. The molecule has 18 heavy (non-hydrogen) atoms. The highest BCUT2D eigenvalue weighted by Crippen LogP contribution is 2.32. The Kier molecular flexibility index (Phi) is 6.36. The van der Waals surface area contributed by atoms with Crippen LogP contribution in [0.25, 0.3) is 0 Å². The molecule has 0 atom stereocenters. The number of halogens is 5. The van der Waals surface area contributed by atoms with Crippen molar-refractivity contribution in [3.05, 3.63) is 35.1 Å². The number of nitrogens with one attached hydrogen (secondary N) is 1. The van der Waals surface area contributed by atoms with Gasteiger partial charge in [-0.3, -0.25) is 4.99 Å². The van der Waals surface area contributed by atoms with E-state index in [9.17, 15) is 17.6 Å². The molecule has 0 aliphatic rings. The molecule has 0 heterocycles. The third-order valence-electron chi connectivity index (χ3n) is 2.08. The average molecular weight is 377 g/mol. The third-order valence-corrected chi connectivity index (χ3v) is 2.08. The Balaban J connectivity index is 0.00000289. The summed E-state index contributed by atoms with van der Waals surface area (Å²) in [5, 5.41) is 2.49. The lowest BCUT2D eigenvalue weighted by Crippen LogP contribution is -2.31. The fourth-order valence-corrected chi connectivity index (χ4v) is 1.23. The first-order valence-corrected chi connectivity index (χ1v) is 4.66. The van der Waals surface area contributed by atoms with Gasteiger partial charge in [0.25, 0.3) is 0 Å². The van der Waals surface area contributed by atoms with E-state index in [0.29, 0.717) is 6.07 Å². The van der Waals surface area contributed by atoms with Gasteiger partial charge < -0.3 is 11.1 Å². The second-order valence-corrected chi connectivity index (χ2v) is 3.26. The molecular formula is C10H12F4IN3. The van der Waals surface area contributed by atoms with Crippen LogP contribution in [-0.4, -0.2) is 13.0 Å². The maximum Gasteiger partial charge on any atom is 0.416 e. The molecule has 102 valence electrons. The smallest absolute Gasteiger partial charge is 0.370 e. The van der Waals surface area contributed by atoms with Gasteiger partial charge in [0, 0.05) is 13.6 Å². The summed E-state index contributed by atoms with van der Waals surface area (Å²) in [6.07, 6.45) is -4.60. The molecule has 0 amide bonds. The van der Waals surface area contributed by atoms with Gasteiger partial charge in [0.15, 0.2) is 5.96 Å². The van der Waals surface area contributed by atoms with Crippen molar-refractivity contribution in [2.75, 3.05) is 7.05 Å². The first-order chi connectivity index (χ1) is 7.84. The first kappa shape index (κ1) is 16.9. The van der Waals surface area contributed by atoms with Crippen molar-refractivity contribution in [2.24, 2.45) is 10.7 Å². The van der Waals surface area contributed by atoms with Gasteiger partial charge in [-0.25, -0.2) is 4.39 Å². The van der Waals surface area contributed by atoms with E-state index < -0.39 is 17.6 Å². The van der Waals surface area contributed by atoms with Gasteiger partial charge in [0.05, 0.1) is 5.56 Å².